The molecule has 1 N–H and O–H groups in total. The van der Waals surface area contributed by atoms with Crippen molar-refractivity contribution in [3.05, 3.63) is 71.1 Å². The van der Waals surface area contributed by atoms with Crippen molar-refractivity contribution in [3.63, 3.8) is 0 Å². The van der Waals surface area contributed by atoms with E-state index < -0.39 is 5.91 Å². The minimum absolute atomic E-state index is 0.0372. The molecule has 0 fully saturated rings. The maximum atomic E-state index is 12.4. The molecule has 1 aliphatic rings. The lowest BCUT2D eigenvalue weighted by Crippen LogP contribution is -2.41. The molecule has 1 aromatic heterocycles. The molecule has 0 aliphatic carbocycles. The summed E-state index contributed by atoms with van der Waals surface area (Å²) in [5, 5.41) is 2.76. The minimum atomic E-state index is -0.391. The van der Waals surface area contributed by atoms with Crippen LogP contribution in [0.5, 0.6) is 11.5 Å². The van der Waals surface area contributed by atoms with E-state index in [1.807, 2.05) is 30.3 Å². The lowest BCUT2D eigenvalue weighted by molar-refractivity contribution is -0.121. The monoisotopic (exact) mass is 456 g/mol. The molecule has 0 radical (unpaired) electrons. The van der Waals surface area contributed by atoms with Gasteiger partial charge < -0.3 is 24.1 Å². The van der Waals surface area contributed by atoms with Crippen LogP contribution in [0.25, 0.3) is 0 Å². The van der Waals surface area contributed by atoms with Gasteiger partial charge in [-0.05, 0) is 58.4 Å². The van der Waals surface area contributed by atoms with E-state index in [-0.39, 0.29) is 18.3 Å². The number of benzene rings is 2. The first kappa shape index (κ1) is 19.1. The summed E-state index contributed by atoms with van der Waals surface area (Å²) >= 11 is 3.17. The predicted molar refractivity (Wildman–Crippen MR) is 111 cm³/mol. The second kappa shape index (κ2) is 8.40. The molecule has 4 rings (SSSR count). The highest BCUT2D eigenvalue weighted by Gasteiger charge is 2.26. The lowest BCUT2D eigenvalue weighted by atomic mass is 10.2. The van der Waals surface area contributed by atoms with Gasteiger partial charge in [0.1, 0.15) is 18.1 Å². The van der Waals surface area contributed by atoms with Gasteiger partial charge in [-0.25, -0.2) is 0 Å². The van der Waals surface area contributed by atoms with Crippen LogP contribution in [0.4, 0.5) is 11.4 Å². The Balaban J connectivity index is 1.48. The molecule has 2 aromatic carbocycles. The van der Waals surface area contributed by atoms with Crippen molar-refractivity contribution in [3.8, 4) is 11.5 Å². The van der Waals surface area contributed by atoms with Gasteiger partial charge >= 0.3 is 0 Å². The third-order valence-corrected chi connectivity index (χ3v) is 4.71. The van der Waals surface area contributed by atoms with Crippen LogP contribution >= 0.6 is 15.9 Å². The summed E-state index contributed by atoms with van der Waals surface area (Å²) in [7, 11) is 0. The summed E-state index contributed by atoms with van der Waals surface area (Å²) in [6, 6.07) is 17.7. The van der Waals surface area contributed by atoms with E-state index in [2.05, 4.69) is 21.2 Å². The summed E-state index contributed by atoms with van der Waals surface area (Å²) in [4.78, 5) is 26.3. The Kier molecular flexibility index (Phi) is 5.53. The number of anilines is 2. The number of para-hydroxylation sites is 1. The molecule has 2 heterocycles. The molecule has 3 aromatic rings. The van der Waals surface area contributed by atoms with E-state index >= 15 is 0 Å². The molecule has 0 bridgehead atoms. The van der Waals surface area contributed by atoms with E-state index in [1.165, 1.54) is 0 Å². The van der Waals surface area contributed by atoms with Crippen LogP contribution in [0.15, 0.2) is 69.8 Å². The summed E-state index contributed by atoms with van der Waals surface area (Å²) in [6.45, 7) is 0.642. The Hall–Kier alpha value is -3.26. The van der Waals surface area contributed by atoms with Gasteiger partial charge in [-0.1, -0.05) is 18.2 Å². The number of carbonyl (C=O) groups excluding carboxylic acids is 2. The highest BCUT2D eigenvalue weighted by molar-refractivity contribution is 9.10. The number of nitrogens with one attached hydrogen (secondary N) is 1. The third-order valence-electron chi connectivity index (χ3n) is 4.28. The normalized spacial score (nSPS) is 12.9. The number of carbonyl (C=O) groups is 2. The number of ether oxygens (including phenoxy) is 2. The third kappa shape index (κ3) is 4.43. The largest absolute Gasteiger partial charge is 0.492 e. The molecule has 0 spiro atoms. The van der Waals surface area contributed by atoms with Gasteiger partial charge in [0.2, 0.25) is 0 Å². The Bertz CT molecular complexity index is 1030. The molecule has 1 aliphatic heterocycles. The molecule has 7 nitrogen and oxygen atoms in total. The second-order valence-corrected chi connectivity index (χ2v) is 7.02. The van der Waals surface area contributed by atoms with Gasteiger partial charge in [-0.15, -0.1) is 0 Å². The number of furan rings is 1. The van der Waals surface area contributed by atoms with Crippen LogP contribution in [0.3, 0.4) is 0 Å². The maximum Gasteiger partial charge on any atom is 0.291 e. The van der Waals surface area contributed by atoms with Gasteiger partial charge in [0, 0.05) is 5.69 Å². The molecular weight excluding hydrogens is 440 g/mol. The summed E-state index contributed by atoms with van der Waals surface area (Å²) in [6.07, 6.45) is 0. The smallest absolute Gasteiger partial charge is 0.291 e. The van der Waals surface area contributed by atoms with E-state index in [9.17, 15) is 9.59 Å². The van der Waals surface area contributed by atoms with Crippen molar-refractivity contribution in [2.45, 2.75) is 0 Å². The molecule has 2 amide bonds. The summed E-state index contributed by atoms with van der Waals surface area (Å²) < 4.78 is 16.9. The zero-order chi connectivity index (χ0) is 20.2. The molecular formula is C21H17BrN2O5. The standard InChI is InChI=1S/C21H17BrN2O5/c22-19-9-8-18(29-19)21(26)23-14-6-7-17-16(12-14)24(20(25)13-28-17)10-11-27-15-4-2-1-3-5-15/h1-9,12H,10-11,13H2,(H,23,26). The van der Waals surface area contributed by atoms with Gasteiger partial charge in [-0.2, -0.15) is 0 Å². The minimum Gasteiger partial charge on any atom is -0.492 e. The van der Waals surface area contributed by atoms with E-state index in [0.717, 1.165) is 5.75 Å². The number of rotatable bonds is 6. The predicted octanol–water partition coefficient (Wildman–Crippen LogP) is 4.10. The highest BCUT2D eigenvalue weighted by Crippen LogP contribution is 2.34. The molecule has 8 heteroatoms. The molecule has 0 saturated heterocycles. The van der Waals surface area contributed by atoms with Crippen LogP contribution in [-0.2, 0) is 4.79 Å². The number of hydrogen-bond donors (Lipinski definition) is 1. The molecule has 148 valence electrons. The zero-order valence-corrected chi connectivity index (χ0v) is 16.8. The van der Waals surface area contributed by atoms with Crippen molar-refractivity contribution >= 4 is 39.1 Å². The number of fused-ring (bicyclic) bond motifs is 1. The zero-order valence-electron chi connectivity index (χ0n) is 15.3. The Morgan fingerprint density at radius 2 is 1.97 bits per heavy atom. The van der Waals surface area contributed by atoms with Crippen LogP contribution in [-0.4, -0.2) is 31.6 Å². The summed E-state index contributed by atoms with van der Waals surface area (Å²) in [5.74, 6) is 0.919. The van der Waals surface area contributed by atoms with Crippen molar-refractivity contribution in [1.82, 2.24) is 0 Å². The first-order valence-electron chi connectivity index (χ1n) is 8.92. The first-order chi connectivity index (χ1) is 14.1. The van der Waals surface area contributed by atoms with E-state index in [1.54, 1.807) is 35.2 Å². The fraction of sp³-hybridized carbons (Fsp3) is 0.143. The van der Waals surface area contributed by atoms with Gasteiger partial charge in [0.05, 0.1) is 12.2 Å². The van der Waals surface area contributed by atoms with Crippen LogP contribution < -0.4 is 19.7 Å². The van der Waals surface area contributed by atoms with Crippen LogP contribution in [0, 0.1) is 0 Å². The lowest BCUT2D eigenvalue weighted by Gasteiger charge is -2.29. The van der Waals surface area contributed by atoms with Crippen molar-refractivity contribution in [2.24, 2.45) is 0 Å². The average Bonchev–Trinajstić information content (AvgIpc) is 3.17. The molecule has 29 heavy (non-hydrogen) atoms. The average molecular weight is 457 g/mol. The quantitative estimate of drug-likeness (QED) is 0.603. The molecule has 0 atom stereocenters. The van der Waals surface area contributed by atoms with Gasteiger partial charge in [0.15, 0.2) is 17.0 Å². The molecule has 0 unspecified atom stereocenters. The van der Waals surface area contributed by atoms with Gasteiger partial charge in [-0.3, -0.25) is 9.59 Å². The highest BCUT2D eigenvalue weighted by atomic mass is 79.9. The van der Waals surface area contributed by atoms with Crippen molar-refractivity contribution in [2.75, 3.05) is 30.0 Å². The Morgan fingerprint density at radius 1 is 1.14 bits per heavy atom. The van der Waals surface area contributed by atoms with Crippen molar-refractivity contribution < 1.29 is 23.5 Å². The van der Waals surface area contributed by atoms with E-state index in [0.29, 0.717) is 34.9 Å². The Labute approximate surface area is 175 Å². The maximum absolute atomic E-state index is 12.4. The number of halogens is 1. The topological polar surface area (TPSA) is 81.0 Å². The SMILES string of the molecule is O=C(Nc1ccc2c(c1)N(CCOc1ccccc1)C(=O)CO2)c1ccc(Br)o1. The summed E-state index contributed by atoms with van der Waals surface area (Å²) in [5.41, 5.74) is 1.10. The van der Waals surface area contributed by atoms with Crippen LogP contribution in [0.1, 0.15) is 10.6 Å². The molecule has 0 saturated carbocycles. The fourth-order valence-corrected chi connectivity index (χ4v) is 3.23. The fourth-order valence-electron chi connectivity index (χ4n) is 2.93. The number of amides is 2. The Morgan fingerprint density at radius 3 is 2.72 bits per heavy atom. The van der Waals surface area contributed by atoms with Gasteiger partial charge in [0.25, 0.3) is 11.8 Å². The van der Waals surface area contributed by atoms with Crippen molar-refractivity contribution in [1.29, 1.82) is 0 Å². The van der Waals surface area contributed by atoms with E-state index in [4.69, 9.17) is 13.9 Å². The number of hydrogen-bond acceptors (Lipinski definition) is 5. The van der Waals surface area contributed by atoms with Crippen LogP contribution in [0.2, 0.25) is 0 Å². The number of nitrogens with zero attached hydrogens (tertiary/aromatic N) is 1. The first-order valence-corrected chi connectivity index (χ1v) is 9.71. The second-order valence-electron chi connectivity index (χ2n) is 6.24.